The van der Waals surface area contributed by atoms with Crippen molar-refractivity contribution >= 4 is 17.8 Å². The van der Waals surface area contributed by atoms with Gasteiger partial charge >= 0.3 is 5.97 Å². The number of nitrogens with one attached hydrogen (secondary N) is 2. The zero-order valence-electron chi connectivity index (χ0n) is 12.7. The molecule has 0 bridgehead atoms. The van der Waals surface area contributed by atoms with Crippen molar-refractivity contribution in [2.45, 2.75) is 64.3 Å². The summed E-state index contributed by atoms with van der Waals surface area (Å²) in [7, 11) is 0. The van der Waals surface area contributed by atoms with Crippen molar-refractivity contribution in [2.75, 3.05) is 6.54 Å². The highest BCUT2D eigenvalue weighted by molar-refractivity contribution is 5.80. The molecule has 1 fully saturated rings. The average molecular weight is 298 g/mol. The van der Waals surface area contributed by atoms with Gasteiger partial charge in [-0.3, -0.25) is 14.4 Å². The van der Waals surface area contributed by atoms with Gasteiger partial charge < -0.3 is 15.7 Å². The van der Waals surface area contributed by atoms with Crippen LogP contribution in [0, 0.1) is 5.92 Å². The van der Waals surface area contributed by atoms with Crippen molar-refractivity contribution in [3.63, 3.8) is 0 Å². The van der Waals surface area contributed by atoms with Crippen LogP contribution in [0.2, 0.25) is 0 Å². The number of carboxylic acids is 1. The first kappa shape index (κ1) is 17.5. The van der Waals surface area contributed by atoms with E-state index in [4.69, 9.17) is 5.11 Å². The average Bonchev–Trinajstić information content (AvgIpc) is 2.91. The van der Waals surface area contributed by atoms with Crippen molar-refractivity contribution in [1.82, 2.24) is 10.6 Å². The van der Waals surface area contributed by atoms with Crippen LogP contribution in [-0.4, -0.2) is 35.5 Å². The van der Waals surface area contributed by atoms with Crippen molar-refractivity contribution in [3.8, 4) is 0 Å². The van der Waals surface area contributed by atoms with E-state index in [0.717, 1.165) is 25.7 Å². The Hall–Kier alpha value is -1.59. The van der Waals surface area contributed by atoms with Crippen LogP contribution in [0.3, 0.4) is 0 Å². The third-order valence-corrected chi connectivity index (χ3v) is 3.81. The zero-order chi connectivity index (χ0) is 15.7. The topological polar surface area (TPSA) is 95.5 Å². The maximum absolute atomic E-state index is 11.8. The van der Waals surface area contributed by atoms with Gasteiger partial charge in [-0.1, -0.05) is 12.8 Å². The van der Waals surface area contributed by atoms with Crippen LogP contribution in [0.1, 0.15) is 58.3 Å². The zero-order valence-corrected chi connectivity index (χ0v) is 12.7. The summed E-state index contributed by atoms with van der Waals surface area (Å²) in [4.78, 5) is 33.8. The Morgan fingerprint density at radius 2 is 1.86 bits per heavy atom. The maximum atomic E-state index is 11.8. The molecule has 0 heterocycles. The molecule has 2 amide bonds. The van der Waals surface area contributed by atoms with Crippen molar-refractivity contribution in [2.24, 2.45) is 5.92 Å². The molecule has 1 aliphatic carbocycles. The van der Waals surface area contributed by atoms with Crippen LogP contribution in [-0.2, 0) is 14.4 Å². The second kappa shape index (κ2) is 9.37. The standard InChI is InChI=1S/C15H26N2O4/c1-11(5-4-8-14(19)20)17-13(18)9-10-16-15(21)12-6-2-3-7-12/h11-12H,2-10H2,1H3,(H,16,21)(H,17,18)(H,19,20). The minimum Gasteiger partial charge on any atom is -0.481 e. The van der Waals surface area contributed by atoms with Gasteiger partial charge in [-0.25, -0.2) is 0 Å². The molecule has 1 rings (SSSR count). The Morgan fingerprint density at radius 1 is 1.19 bits per heavy atom. The molecule has 0 aromatic carbocycles. The molecule has 6 nitrogen and oxygen atoms in total. The fourth-order valence-corrected chi connectivity index (χ4v) is 2.61. The summed E-state index contributed by atoms with van der Waals surface area (Å²) in [5.41, 5.74) is 0. The quantitative estimate of drug-likeness (QED) is 0.600. The van der Waals surface area contributed by atoms with E-state index < -0.39 is 5.97 Å². The molecule has 1 saturated carbocycles. The number of rotatable bonds is 9. The number of carbonyl (C=O) groups excluding carboxylic acids is 2. The Kier molecular flexibility index (Phi) is 7.79. The minimum absolute atomic E-state index is 0.0395. The molecule has 0 aromatic heterocycles. The molecule has 3 N–H and O–H groups in total. The van der Waals surface area contributed by atoms with E-state index in [9.17, 15) is 14.4 Å². The molecule has 0 spiro atoms. The third kappa shape index (κ3) is 7.68. The second-order valence-corrected chi connectivity index (χ2v) is 5.78. The van der Waals surface area contributed by atoms with Gasteiger partial charge in [0.05, 0.1) is 0 Å². The van der Waals surface area contributed by atoms with E-state index in [2.05, 4.69) is 10.6 Å². The van der Waals surface area contributed by atoms with Crippen molar-refractivity contribution < 1.29 is 19.5 Å². The number of amides is 2. The predicted molar refractivity (Wildman–Crippen MR) is 78.7 cm³/mol. The summed E-state index contributed by atoms with van der Waals surface area (Å²) in [6, 6.07) is -0.0395. The molecule has 1 unspecified atom stereocenters. The first-order valence-corrected chi connectivity index (χ1v) is 7.78. The van der Waals surface area contributed by atoms with E-state index >= 15 is 0 Å². The maximum Gasteiger partial charge on any atom is 0.303 e. The van der Waals surface area contributed by atoms with Gasteiger partial charge in [-0.2, -0.15) is 0 Å². The summed E-state index contributed by atoms with van der Waals surface area (Å²) in [6.45, 7) is 2.22. The number of hydrogen-bond donors (Lipinski definition) is 3. The molecule has 0 radical (unpaired) electrons. The largest absolute Gasteiger partial charge is 0.481 e. The van der Waals surface area contributed by atoms with Crippen LogP contribution < -0.4 is 10.6 Å². The molecule has 6 heteroatoms. The highest BCUT2D eigenvalue weighted by Gasteiger charge is 2.22. The van der Waals surface area contributed by atoms with Gasteiger partial charge in [0, 0.05) is 31.3 Å². The highest BCUT2D eigenvalue weighted by Crippen LogP contribution is 2.24. The molecule has 0 saturated heterocycles. The lowest BCUT2D eigenvalue weighted by molar-refractivity contribution is -0.137. The second-order valence-electron chi connectivity index (χ2n) is 5.78. The van der Waals surface area contributed by atoms with E-state index in [1.165, 1.54) is 0 Å². The molecule has 1 aliphatic rings. The Labute approximate surface area is 125 Å². The highest BCUT2D eigenvalue weighted by atomic mass is 16.4. The van der Waals surface area contributed by atoms with Gasteiger partial charge in [0.15, 0.2) is 0 Å². The van der Waals surface area contributed by atoms with E-state index in [-0.39, 0.29) is 36.6 Å². The summed E-state index contributed by atoms with van der Waals surface area (Å²) >= 11 is 0. The monoisotopic (exact) mass is 298 g/mol. The molecular weight excluding hydrogens is 272 g/mol. The van der Waals surface area contributed by atoms with Crippen LogP contribution in [0.5, 0.6) is 0 Å². The normalized spacial score (nSPS) is 16.4. The van der Waals surface area contributed by atoms with E-state index in [1.807, 2.05) is 6.92 Å². The van der Waals surface area contributed by atoms with Gasteiger partial charge in [-0.05, 0) is 32.6 Å². The lowest BCUT2D eigenvalue weighted by Gasteiger charge is -2.14. The number of hydrogen-bond acceptors (Lipinski definition) is 3. The summed E-state index contributed by atoms with van der Waals surface area (Å²) < 4.78 is 0. The van der Waals surface area contributed by atoms with Crippen LogP contribution >= 0.6 is 0 Å². The van der Waals surface area contributed by atoms with Crippen molar-refractivity contribution in [1.29, 1.82) is 0 Å². The first-order valence-electron chi connectivity index (χ1n) is 7.78. The van der Waals surface area contributed by atoms with Crippen molar-refractivity contribution in [3.05, 3.63) is 0 Å². The van der Waals surface area contributed by atoms with Gasteiger partial charge in [-0.15, -0.1) is 0 Å². The lowest BCUT2D eigenvalue weighted by atomic mass is 10.1. The van der Waals surface area contributed by atoms with Gasteiger partial charge in [0.2, 0.25) is 11.8 Å². The molecule has 0 aromatic rings. The number of carboxylic acid groups (broad SMARTS) is 1. The third-order valence-electron chi connectivity index (χ3n) is 3.81. The smallest absolute Gasteiger partial charge is 0.303 e. The Balaban J connectivity index is 2.07. The van der Waals surface area contributed by atoms with Crippen LogP contribution in [0.4, 0.5) is 0 Å². The molecule has 120 valence electrons. The molecule has 1 atom stereocenters. The van der Waals surface area contributed by atoms with Crippen LogP contribution in [0.25, 0.3) is 0 Å². The lowest BCUT2D eigenvalue weighted by Crippen LogP contribution is -2.36. The summed E-state index contributed by atoms with van der Waals surface area (Å²) in [5.74, 6) is -0.731. The fraction of sp³-hybridized carbons (Fsp3) is 0.800. The van der Waals surface area contributed by atoms with E-state index in [0.29, 0.717) is 19.4 Å². The fourth-order valence-electron chi connectivity index (χ4n) is 2.61. The van der Waals surface area contributed by atoms with Gasteiger partial charge in [0.25, 0.3) is 0 Å². The molecule has 0 aliphatic heterocycles. The minimum atomic E-state index is -0.817. The van der Waals surface area contributed by atoms with E-state index in [1.54, 1.807) is 0 Å². The number of aliphatic carboxylic acids is 1. The predicted octanol–water partition coefficient (Wildman–Crippen LogP) is 1.44. The first-order chi connectivity index (χ1) is 9.99. The Bertz CT molecular complexity index is 365. The number of carbonyl (C=O) groups is 3. The van der Waals surface area contributed by atoms with Crippen LogP contribution in [0.15, 0.2) is 0 Å². The molecular formula is C15H26N2O4. The Morgan fingerprint density at radius 3 is 2.48 bits per heavy atom. The van der Waals surface area contributed by atoms with Gasteiger partial charge in [0.1, 0.15) is 0 Å². The SMILES string of the molecule is CC(CCCC(=O)O)NC(=O)CCNC(=O)C1CCCC1. The summed E-state index contributed by atoms with van der Waals surface area (Å²) in [6.07, 6.45) is 5.73. The summed E-state index contributed by atoms with van der Waals surface area (Å²) in [5, 5.41) is 14.2. The molecule has 21 heavy (non-hydrogen) atoms.